The number of hydrogen-bond donors (Lipinski definition) is 1. The van der Waals surface area contributed by atoms with Gasteiger partial charge in [0.2, 0.25) is 0 Å². The third kappa shape index (κ3) is 4.39. The maximum Gasteiger partial charge on any atom is 0.145 e. The summed E-state index contributed by atoms with van der Waals surface area (Å²) in [5.41, 5.74) is 2.00. The Hall–Kier alpha value is -0.770. The van der Waals surface area contributed by atoms with E-state index in [4.69, 9.17) is 0 Å². The lowest BCUT2D eigenvalue weighted by molar-refractivity contribution is 0.763. The van der Waals surface area contributed by atoms with Crippen LogP contribution in [0.3, 0.4) is 0 Å². The van der Waals surface area contributed by atoms with E-state index < -0.39 is 0 Å². The van der Waals surface area contributed by atoms with Crippen molar-refractivity contribution < 1.29 is 0 Å². The lowest BCUT2D eigenvalue weighted by Crippen LogP contribution is -2.17. The SMILES string of the molecule is CCSCCC(C)Nc1cnc(C)c(C)n1. The minimum Gasteiger partial charge on any atom is -0.366 e. The zero-order chi connectivity index (χ0) is 12.0. The molecule has 3 nitrogen and oxygen atoms in total. The molecule has 0 aliphatic heterocycles. The van der Waals surface area contributed by atoms with Crippen LogP contribution in [-0.4, -0.2) is 27.5 Å². The number of hydrogen-bond acceptors (Lipinski definition) is 4. The van der Waals surface area contributed by atoms with Crippen molar-refractivity contribution in [1.82, 2.24) is 9.97 Å². The average Bonchev–Trinajstić information content (AvgIpc) is 2.24. The first kappa shape index (κ1) is 13.3. The third-order valence-electron chi connectivity index (χ3n) is 2.49. The first-order chi connectivity index (χ1) is 7.63. The zero-order valence-electron chi connectivity index (χ0n) is 10.6. The van der Waals surface area contributed by atoms with Crippen molar-refractivity contribution in [2.45, 2.75) is 40.2 Å². The van der Waals surface area contributed by atoms with Crippen molar-refractivity contribution in [3.8, 4) is 0 Å². The molecule has 1 unspecified atom stereocenters. The van der Waals surface area contributed by atoms with Gasteiger partial charge in [-0.15, -0.1) is 0 Å². The van der Waals surface area contributed by atoms with Crippen LogP contribution in [0, 0.1) is 13.8 Å². The highest BCUT2D eigenvalue weighted by atomic mass is 32.2. The molecule has 0 amide bonds. The van der Waals surface area contributed by atoms with E-state index in [9.17, 15) is 0 Å². The molecule has 1 aromatic heterocycles. The predicted octanol–water partition coefficient (Wildman–Crippen LogP) is 3.04. The topological polar surface area (TPSA) is 37.8 Å². The molecule has 0 aromatic carbocycles. The van der Waals surface area contributed by atoms with Crippen molar-refractivity contribution in [2.75, 3.05) is 16.8 Å². The summed E-state index contributed by atoms with van der Waals surface area (Å²) in [6.45, 7) is 8.35. The number of nitrogens with zero attached hydrogens (tertiary/aromatic N) is 2. The van der Waals surface area contributed by atoms with Crippen LogP contribution in [0.1, 0.15) is 31.7 Å². The van der Waals surface area contributed by atoms with Crippen LogP contribution in [0.25, 0.3) is 0 Å². The number of anilines is 1. The van der Waals surface area contributed by atoms with Crippen molar-refractivity contribution in [3.63, 3.8) is 0 Å². The van der Waals surface area contributed by atoms with Gasteiger partial charge in [-0.2, -0.15) is 11.8 Å². The molecule has 0 radical (unpaired) electrons. The lowest BCUT2D eigenvalue weighted by Gasteiger charge is -2.14. The van der Waals surface area contributed by atoms with Crippen LogP contribution in [0.15, 0.2) is 6.20 Å². The van der Waals surface area contributed by atoms with Gasteiger partial charge in [0.25, 0.3) is 0 Å². The lowest BCUT2D eigenvalue weighted by atomic mass is 10.2. The standard InChI is InChI=1S/C12H21N3S/c1-5-16-7-6-9(2)14-12-8-13-10(3)11(4)15-12/h8-9H,5-7H2,1-4H3,(H,14,15). The Balaban J connectivity index is 2.43. The first-order valence-electron chi connectivity index (χ1n) is 5.78. The molecule has 1 heterocycles. The molecule has 0 bridgehead atoms. The van der Waals surface area contributed by atoms with E-state index in [-0.39, 0.29) is 0 Å². The molecule has 0 fully saturated rings. The zero-order valence-corrected chi connectivity index (χ0v) is 11.4. The van der Waals surface area contributed by atoms with Crippen LogP contribution >= 0.6 is 11.8 Å². The van der Waals surface area contributed by atoms with E-state index in [2.05, 4.69) is 29.1 Å². The minimum atomic E-state index is 0.454. The molecule has 0 aliphatic carbocycles. The van der Waals surface area contributed by atoms with Gasteiger partial charge in [0.05, 0.1) is 17.6 Å². The second-order valence-corrected chi connectivity index (χ2v) is 5.35. The van der Waals surface area contributed by atoms with Crippen LogP contribution in [0.5, 0.6) is 0 Å². The van der Waals surface area contributed by atoms with Gasteiger partial charge in [0.15, 0.2) is 0 Å². The summed E-state index contributed by atoms with van der Waals surface area (Å²) in [6.07, 6.45) is 2.97. The molecule has 90 valence electrons. The summed E-state index contributed by atoms with van der Waals surface area (Å²) in [7, 11) is 0. The van der Waals surface area contributed by atoms with Gasteiger partial charge >= 0.3 is 0 Å². The van der Waals surface area contributed by atoms with Gasteiger partial charge in [-0.1, -0.05) is 6.92 Å². The highest BCUT2D eigenvalue weighted by molar-refractivity contribution is 7.99. The van der Waals surface area contributed by atoms with E-state index in [1.165, 1.54) is 11.5 Å². The molecular formula is C12H21N3S. The summed E-state index contributed by atoms with van der Waals surface area (Å²) in [4.78, 5) is 8.76. The summed E-state index contributed by atoms with van der Waals surface area (Å²) in [5, 5.41) is 3.38. The van der Waals surface area contributed by atoms with Crippen molar-refractivity contribution in [2.24, 2.45) is 0 Å². The number of aromatic nitrogens is 2. The fourth-order valence-corrected chi connectivity index (χ4v) is 2.15. The van der Waals surface area contributed by atoms with Crippen LogP contribution in [0.2, 0.25) is 0 Å². The molecule has 0 spiro atoms. The largest absolute Gasteiger partial charge is 0.366 e. The van der Waals surface area contributed by atoms with Crippen LogP contribution in [0.4, 0.5) is 5.82 Å². The number of thioether (sulfide) groups is 1. The van der Waals surface area contributed by atoms with E-state index in [0.717, 1.165) is 23.6 Å². The number of rotatable bonds is 6. The van der Waals surface area contributed by atoms with E-state index in [1.807, 2.05) is 31.8 Å². The average molecular weight is 239 g/mol. The van der Waals surface area contributed by atoms with Crippen molar-refractivity contribution in [3.05, 3.63) is 17.6 Å². The molecule has 1 rings (SSSR count). The maximum atomic E-state index is 4.46. The Kier molecular flexibility index (Phi) is 5.60. The Morgan fingerprint density at radius 2 is 2.12 bits per heavy atom. The fraction of sp³-hybridized carbons (Fsp3) is 0.667. The summed E-state index contributed by atoms with van der Waals surface area (Å²) in [5.74, 6) is 3.27. The molecule has 1 N–H and O–H groups in total. The molecule has 16 heavy (non-hydrogen) atoms. The normalized spacial score (nSPS) is 12.5. The molecule has 1 aromatic rings. The monoisotopic (exact) mass is 239 g/mol. The van der Waals surface area contributed by atoms with Gasteiger partial charge in [0, 0.05) is 6.04 Å². The molecule has 1 atom stereocenters. The van der Waals surface area contributed by atoms with Crippen LogP contribution < -0.4 is 5.32 Å². The fourth-order valence-electron chi connectivity index (χ4n) is 1.34. The Bertz CT molecular complexity index is 328. The maximum absolute atomic E-state index is 4.46. The smallest absolute Gasteiger partial charge is 0.145 e. The Labute approximate surface area is 102 Å². The third-order valence-corrected chi connectivity index (χ3v) is 3.42. The quantitative estimate of drug-likeness (QED) is 0.774. The molecule has 0 saturated heterocycles. The predicted molar refractivity (Wildman–Crippen MR) is 72.2 cm³/mol. The van der Waals surface area contributed by atoms with Crippen molar-refractivity contribution in [1.29, 1.82) is 0 Å². The van der Waals surface area contributed by atoms with E-state index in [1.54, 1.807) is 0 Å². The second-order valence-electron chi connectivity index (χ2n) is 3.96. The summed E-state index contributed by atoms with van der Waals surface area (Å²) >= 11 is 1.98. The summed E-state index contributed by atoms with van der Waals surface area (Å²) < 4.78 is 0. The van der Waals surface area contributed by atoms with Gasteiger partial charge in [-0.05, 0) is 38.7 Å². The molecule has 0 saturated carbocycles. The molecule has 0 aliphatic rings. The van der Waals surface area contributed by atoms with Gasteiger partial charge in [-0.25, -0.2) is 4.98 Å². The Morgan fingerprint density at radius 3 is 2.75 bits per heavy atom. The van der Waals surface area contributed by atoms with Gasteiger partial charge in [0.1, 0.15) is 5.82 Å². The van der Waals surface area contributed by atoms with Crippen LogP contribution in [-0.2, 0) is 0 Å². The number of aryl methyl sites for hydroxylation is 2. The second kappa shape index (κ2) is 6.74. The highest BCUT2D eigenvalue weighted by Gasteiger charge is 2.04. The van der Waals surface area contributed by atoms with E-state index >= 15 is 0 Å². The van der Waals surface area contributed by atoms with E-state index in [0.29, 0.717) is 6.04 Å². The first-order valence-corrected chi connectivity index (χ1v) is 6.93. The molecule has 4 heteroatoms. The summed E-state index contributed by atoms with van der Waals surface area (Å²) in [6, 6.07) is 0.454. The van der Waals surface area contributed by atoms with Gasteiger partial charge in [-0.3, -0.25) is 4.98 Å². The highest BCUT2D eigenvalue weighted by Crippen LogP contribution is 2.10. The number of nitrogens with one attached hydrogen (secondary N) is 1. The molecular weight excluding hydrogens is 218 g/mol. The van der Waals surface area contributed by atoms with Crippen molar-refractivity contribution >= 4 is 17.6 Å². The van der Waals surface area contributed by atoms with Gasteiger partial charge < -0.3 is 5.32 Å². The Morgan fingerprint density at radius 1 is 1.38 bits per heavy atom. The minimum absolute atomic E-state index is 0.454.